The molecule has 1 amide bonds. The van der Waals surface area contributed by atoms with E-state index in [1.54, 1.807) is 31.2 Å². The monoisotopic (exact) mass is 259 g/mol. The average molecular weight is 259 g/mol. The number of hydrogen-bond acceptors (Lipinski definition) is 3. The third-order valence-electron chi connectivity index (χ3n) is 3.04. The second kappa shape index (κ2) is 6.18. The number of nitrogens with one attached hydrogen (secondary N) is 1. The molecular formula is C15H17NO3. The van der Waals surface area contributed by atoms with E-state index in [0.717, 1.165) is 12.8 Å². The summed E-state index contributed by atoms with van der Waals surface area (Å²) >= 11 is 0. The molecule has 1 N–H and O–H groups in total. The van der Waals surface area contributed by atoms with Crippen molar-refractivity contribution in [3.05, 3.63) is 42.0 Å². The Morgan fingerprint density at radius 1 is 1.21 bits per heavy atom. The first-order valence-electron chi connectivity index (χ1n) is 6.43. The molecule has 0 saturated heterocycles. The third kappa shape index (κ3) is 3.44. The lowest BCUT2D eigenvalue weighted by Gasteiger charge is -2.10. The molecule has 0 saturated carbocycles. The second-order valence-corrected chi connectivity index (χ2v) is 4.43. The van der Waals surface area contributed by atoms with Crippen molar-refractivity contribution in [2.24, 2.45) is 5.92 Å². The summed E-state index contributed by atoms with van der Waals surface area (Å²) in [4.78, 5) is 23.4. The van der Waals surface area contributed by atoms with Crippen LogP contribution in [0, 0.1) is 5.92 Å². The normalized spacial score (nSPS) is 14.4. The number of anilines is 1. The lowest BCUT2D eigenvalue weighted by Crippen LogP contribution is -2.20. The van der Waals surface area contributed by atoms with E-state index >= 15 is 0 Å². The molecular weight excluding hydrogens is 242 g/mol. The van der Waals surface area contributed by atoms with Crippen molar-refractivity contribution in [3.63, 3.8) is 0 Å². The molecule has 0 bridgehead atoms. The van der Waals surface area contributed by atoms with E-state index in [2.05, 4.69) is 5.32 Å². The van der Waals surface area contributed by atoms with Gasteiger partial charge in [-0.1, -0.05) is 12.2 Å². The number of hydrogen-bond donors (Lipinski definition) is 1. The Morgan fingerprint density at radius 2 is 1.84 bits per heavy atom. The van der Waals surface area contributed by atoms with Crippen LogP contribution in [0.25, 0.3) is 0 Å². The predicted molar refractivity (Wildman–Crippen MR) is 72.9 cm³/mol. The van der Waals surface area contributed by atoms with Crippen LogP contribution < -0.4 is 5.32 Å². The Balaban J connectivity index is 1.94. The van der Waals surface area contributed by atoms with Crippen LogP contribution >= 0.6 is 0 Å². The van der Waals surface area contributed by atoms with E-state index in [1.807, 2.05) is 12.2 Å². The molecule has 4 nitrogen and oxygen atoms in total. The third-order valence-corrected chi connectivity index (χ3v) is 3.04. The molecule has 2 rings (SSSR count). The number of ether oxygens (including phenoxy) is 1. The van der Waals surface area contributed by atoms with Gasteiger partial charge in [-0.3, -0.25) is 4.79 Å². The quantitative estimate of drug-likeness (QED) is 0.668. The highest BCUT2D eigenvalue weighted by atomic mass is 16.5. The summed E-state index contributed by atoms with van der Waals surface area (Å²) in [6, 6.07) is 6.74. The molecule has 0 aromatic heterocycles. The van der Waals surface area contributed by atoms with Gasteiger partial charge in [0.1, 0.15) is 0 Å². The maximum atomic E-state index is 11.9. The van der Waals surface area contributed by atoms with Crippen molar-refractivity contribution in [1.29, 1.82) is 0 Å². The summed E-state index contributed by atoms with van der Waals surface area (Å²) < 4.78 is 4.90. The highest BCUT2D eigenvalue weighted by Gasteiger charge is 2.19. The van der Waals surface area contributed by atoms with E-state index in [0.29, 0.717) is 17.9 Å². The van der Waals surface area contributed by atoms with Gasteiger partial charge in [-0.25, -0.2) is 4.79 Å². The lowest BCUT2D eigenvalue weighted by atomic mass is 10.1. The van der Waals surface area contributed by atoms with Gasteiger partial charge in [0.25, 0.3) is 0 Å². The van der Waals surface area contributed by atoms with E-state index in [9.17, 15) is 9.59 Å². The highest BCUT2D eigenvalue weighted by molar-refractivity contribution is 5.94. The van der Waals surface area contributed by atoms with Gasteiger partial charge < -0.3 is 10.1 Å². The molecule has 0 radical (unpaired) electrons. The molecule has 0 aliphatic heterocycles. The number of benzene rings is 1. The Labute approximate surface area is 112 Å². The van der Waals surface area contributed by atoms with Crippen LogP contribution in [0.2, 0.25) is 0 Å². The van der Waals surface area contributed by atoms with Crippen LogP contribution in [-0.2, 0) is 9.53 Å². The second-order valence-electron chi connectivity index (χ2n) is 4.43. The van der Waals surface area contributed by atoms with Crippen molar-refractivity contribution in [3.8, 4) is 0 Å². The average Bonchev–Trinajstić information content (AvgIpc) is 2.94. The first kappa shape index (κ1) is 13.3. The number of esters is 1. The summed E-state index contributed by atoms with van der Waals surface area (Å²) in [5, 5.41) is 2.85. The molecule has 19 heavy (non-hydrogen) atoms. The minimum absolute atomic E-state index is 0.0221. The van der Waals surface area contributed by atoms with Crippen molar-refractivity contribution in [2.45, 2.75) is 19.8 Å². The first-order valence-corrected chi connectivity index (χ1v) is 6.43. The fourth-order valence-electron chi connectivity index (χ4n) is 1.98. The zero-order valence-corrected chi connectivity index (χ0v) is 10.9. The maximum Gasteiger partial charge on any atom is 0.338 e. The number of rotatable bonds is 4. The summed E-state index contributed by atoms with van der Waals surface area (Å²) in [6.07, 6.45) is 5.64. The fourth-order valence-corrected chi connectivity index (χ4v) is 1.98. The molecule has 0 heterocycles. The Kier molecular flexibility index (Phi) is 4.34. The van der Waals surface area contributed by atoms with Gasteiger partial charge in [-0.2, -0.15) is 0 Å². The summed E-state index contributed by atoms with van der Waals surface area (Å²) in [5.74, 6) is -0.293. The molecule has 100 valence electrons. The van der Waals surface area contributed by atoms with E-state index < -0.39 is 0 Å². The Bertz CT molecular complexity index is 483. The van der Waals surface area contributed by atoms with Crippen LogP contribution in [-0.4, -0.2) is 18.5 Å². The largest absolute Gasteiger partial charge is 0.462 e. The lowest BCUT2D eigenvalue weighted by molar-refractivity contribution is -0.119. The smallest absolute Gasteiger partial charge is 0.338 e. The number of carbonyl (C=O) groups excluding carboxylic acids is 2. The Hall–Kier alpha value is -2.10. The van der Waals surface area contributed by atoms with Crippen LogP contribution in [0.3, 0.4) is 0 Å². The number of allylic oxidation sites excluding steroid dienone is 2. The van der Waals surface area contributed by atoms with Crippen molar-refractivity contribution < 1.29 is 14.3 Å². The topological polar surface area (TPSA) is 55.4 Å². The zero-order valence-electron chi connectivity index (χ0n) is 10.9. The van der Waals surface area contributed by atoms with Gasteiger partial charge in [0.2, 0.25) is 5.91 Å². The number of carbonyl (C=O) groups is 2. The molecule has 0 unspecified atom stereocenters. The molecule has 0 spiro atoms. The molecule has 1 aliphatic rings. The van der Waals surface area contributed by atoms with E-state index in [1.165, 1.54) is 0 Å². The number of amides is 1. The minimum Gasteiger partial charge on any atom is -0.462 e. The molecule has 0 atom stereocenters. The first-order chi connectivity index (χ1) is 9.20. The van der Waals surface area contributed by atoms with Crippen LogP contribution in [0.4, 0.5) is 5.69 Å². The Morgan fingerprint density at radius 3 is 2.42 bits per heavy atom. The summed E-state index contributed by atoms with van der Waals surface area (Å²) in [5.41, 5.74) is 1.19. The van der Waals surface area contributed by atoms with Crippen molar-refractivity contribution in [1.82, 2.24) is 0 Å². The van der Waals surface area contributed by atoms with Gasteiger partial charge in [0, 0.05) is 11.6 Å². The fraction of sp³-hybridized carbons (Fsp3) is 0.333. The minimum atomic E-state index is -0.347. The van der Waals surface area contributed by atoms with Crippen LogP contribution in [0.5, 0.6) is 0 Å². The molecule has 0 fully saturated rings. The summed E-state index contributed by atoms with van der Waals surface area (Å²) in [7, 11) is 0. The van der Waals surface area contributed by atoms with Gasteiger partial charge >= 0.3 is 5.97 Å². The van der Waals surface area contributed by atoms with Crippen LogP contribution in [0.15, 0.2) is 36.4 Å². The van der Waals surface area contributed by atoms with E-state index in [4.69, 9.17) is 4.74 Å². The van der Waals surface area contributed by atoms with E-state index in [-0.39, 0.29) is 17.8 Å². The van der Waals surface area contributed by atoms with Crippen molar-refractivity contribution in [2.75, 3.05) is 11.9 Å². The van der Waals surface area contributed by atoms with Gasteiger partial charge in [0.15, 0.2) is 0 Å². The van der Waals surface area contributed by atoms with Gasteiger partial charge in [0.05, 0.1) is 12.2 Å². The molecule has 1 aromatic rings. The molecule has 4 heteroatoms. The predicted octanol–water partition coefficient (Wildman–Crippen LogP) is 2.77. The van der Waals surface area contributed by atoms with Gasteiger partial charge in [-0.05, 0) is 44.0 Å². The maximum absolute atomic E-state index is 11.9. The van der Waals surface area contributed by atoms with Crippen molar-refractivity contribution >= 4 is 17.6 Å². The SMILES string of the molecule is CCOC(=O)c1ccc(NC(=O)C2CC=CC2)cc1. The molecule has 1 aromatic carbocycles. The van der Waals surface area contributed by atoms with Gasteiger partial charge in [-0.15, -0.1) is 0 Å². The zero-order chi connectivity index (χ0) is 13.7. The standard InChI is InChI=1S/C15H17NO3/c1-2-19-15(18)12-7-9-13(10-8-12)16-14(17)11-5-3-4-6-11/h3-4,7-11H,2,5-6H2,1H3,(H,16,17). The molecule has 1 aliphatic carbocycles. The summed E-state index contributed by atoms with van der Waals surface area (Å²) in [6.45, 7) is 2.12. The van der Waals surface area contributed by atoms with Crippen LogP contribution in [0.1, 0.15) is 30.1 Å². The highest BCUT2D eigenvalue weighted by Crippen LogP contribution is 2.20.